The molecule has 0 aliphatic carbocycles. The summed E-state index contributed by atoms with van der Waals surface area (Å²) in [5.41, 5.74) is 1.95. The highest BCUT2D eigenvalue weighted by Crippen LogP contribution is 2.20. The Kier molecular flexibility index (Phi) is 3.46. The summed E-state index contributed by atoms with van der Waals surface area (Å²) in [6, 6.07) is 0. The summed E-state index contributed by atoms with van der Waals surface area (Å²) in [5, 5.41) is 7.89. The second-order valence-corrected chi connectivity index (χ2v) is 4.70. The van der Waals surface area contributed by atoms with E-state index >= 15 is 0 Å². The minimum atomic E-state index is 0.522. The van der Waals surface area contributed by atoms with Gasteiger partial charge in [0.05, 0.1) is 11.7 Å². The molecular formula is C10H6IN3OS. The van der Waals surface area contributed by atoms with Gasteiger partial charge in [0.25, 0.3) is 0 Å². The normalized spacial score (nSPS) is 9.88. The second-order valence-electron chi connectivity index (χ2n) is 3.02. The molecule has 0 saturated carbocycles. The van der Waals surface area contributed by atoms with Crippen molar-refractivity contribution in [3.05, 3.63) is 23.7 Å². The van der Waals surface area contributed by atoms with Crippen LogP contribution in [0.25, 0.3) is 10.9 Å². The van der Waals surface area contributed by atoms with Crippen LogP contribution in [-0.2, 0) is 7.05 Å². The molecule has 0 saturated heterocycles. The van der Waals surface area contributed by atoms with Crippen molar-refractivity contribution in [1.82, 2.24) is 14.8 Å². The molecule has 80 valence electrons. The molecule has 0 amide bonds. The molecule has 2 rings (SSSR count). The maximum absolute atomic E-state index is 10.9. The molecule has 0 atom stereocenters. The summed E-state index contributed by atoms with van der Waals surface area (Å²) in [7, 11) is 3.19. The van der Waals surface area contributed by atoms with Crippen molar-refractivity contribution >= 4 is 47.3 Å². The number of hydrogen-bond acceptors (Lipinski definition) is 4. The molecule has 2 aromatic heterocycles. The summed E-state index contributed by atoms with van der Waals surface area (Å²) in [6.45, 7) is 0. The van der Waals surface area contributed by atoms with Crippen LogP contribution in [0, 0.1) is 11.2 Å². The largest absolute Gasteiger partial charge is 0.298 e. The van der Waals surface area contributed by atoms with Crippen LogP contribution in [0.2, 0.25) is 0 Å². The molecular weight excluding hydrogens is 337 g/mol. The number of pyridine rings is 1. The van der Waals surface area contributed by atoms with Crippen molar-refractivity contribution in [2.45, 2.75) is 0 Å². The lowest BCUT2D eigenvalue weighted by atomic mass is 10.1. The van der Waals surface area contributed by atoms with E-state index in [0.29, 0.717) is 11.3 Å². The number of carbonyl (C=O) groups is 1. The number of halogens is 1. The lowest BCUT2D eigenvalue weighted by Crippen LogP contribution is -1.90. The molecule has 0 spiro atoms. The lowest BCUT2D eigenvalue weighted by Gasteiger charge is -1.94. The van der Waals surface area contributed by atoms with Crippen LogP contribution >= 0.6 is 30.1 Å². The Labute approximate surface area is 108 Å². The Bertz CT molecular complexity index is 612. The van der Waals surface area contributed by atoms with Gasteiger partial charge in [-0.05, 0) is 20.1 Å². The van der Waals surface area contributed by atoms with E-state index in [1.54, 1.807) is 17.9 Å². The van der Waals surface area contributed by atoms with Crippen molar-refractivity contribution in [3.8, 4) is 11.2 Å². The van der Waals surface area contributed by atoms with Gasteiger partial charge in [-0.25, -0.2) is 0 Å². The van der Waals surface area contributed by atoms with Crippen LogP contribution < -0.4 is 0 Å². The molecule has 0 N–H and O–H groups in total. The molecule has 2 heterocycles. The third-order valence-corrected chi connectivity index (χ3v) is 2.97. The Balaban J connectivity index is 2.79. The van der Waals surface area contributed by atoms with Crippen molar-refractivity contribution in [3.63, 3.8) is 0 Å². The number of aromatic nitrogens is 3. The van der Waals surface area contributed by atoms with Crippen LogP contribution in [0.3, 0.4) is 0 Å². The minimum absolute atomic E-state index is 0.522. The van der Waals surface area contributed by atoms with Crippen LogP contribution in [0.4, 0.5) is 0 Å². The van der Waals surface area contributed by atoms with E-state index in [4.69, 9.17) is 0 Å². The first kappa shape index (κ1) is 11.4. The van der Waals surface area contributed by atoms with Crippen molar-refractivity contribution in [2.75, 3.05) is 0 Å². The van der Waals surface area contributed by atoms with E-state index in [1.807, 2.05) is 0 Å². The maximum atomic E-state index is 10.9. The van der Waals surface area contributed by atoms with Crippen molar-refractivity contribution in [1.29, 1.82) is 0 Å². The molecule has 4 nitrogen and oxygen atoms in total. The molecule has 0 bridgehead atoms. The molecule has 6 heteroatoms. The van der Waals surface area contributed by atoms with Gasteiger partial charge in [0.1, 0.15) is 5.69 Å². The van der Waals surface area contributed by atoms with Crippen molar-refractivity contribution in [2.24, 2.45) is 7.05 Å². The van der Waals surface area contributed by atoms with Gasteiger partial charge in [0, 0.05) is 45.4 Å². The third kappa shape index (κ3) is 1.92. The fourth-order valence-corrected chi connectivity index (χ4v) is 1.93. The SMILES string of the molecule is Cn1nc(C#CSI)c2c(C=O)cncc21. The fraction of sp³-hybridized carbons (Fsp3) is 0.100. The number of rotatable bonds is 1. The Morgan fingerprint density at radius 3 is 3.06 bits per heavy atom. The van der Waals surface area contributed by atoms with Crippen molar-refractivity contribution < 1.29 is 4.79 Å². The number of aldehydes is 1. The zero-order valence-corrected chi connectivity index (χ0v) is 11.2. The molecule has 0 radical (unpaired) electrons. The van der Waals surface area contributed by atoms with E-state index < -0.39 is 0 Å². The van der Waals surface area contributed by atoms with E-state index in [1.165, 1.54) is 15.1 Å². The van der Waals surface area contributed by atoms with E-state index in [0.717, 1.165) is 17.2 Å². The quantitative estimate of drug-likeness (QED) is 0.452. The van der Waals surface area contributed by atoms with Gasteiger partial charge < -0.3 is 0 Å². The van der Waals surface area contributed by atoms with Gasteiger partial charge in [-0.2, -0.15) is 5.10 Å². The molecule has 0 unspecified atom stereocenters. The van der Waals surface area contributed by atoms with Gasteiger partial charge in [0.15, 0.2) is 6.29 Å². The molecule has 16 heavy (non-hydrogen) atoms. The summed E-state index contributed by atoms with van der Waals surface area (Å²) in [4.78, 5) is 14.9. The second kappa shape index (κ2) is 4.84. The Hall–Kier alpha value is -1.07. The molecule has 0 aliphatic rings. The molecule has 0 aliphatic heterocycles. The highest BCUT2D eigenvalue weighted by atomic mass is 127. The average Bonchev–Trinajstić information content (AvgIpc) is 2.64. The molecule has 0 fully saturated rings. The highest BCUT2D eigenvalue weighted by Gasteiger charge is 2.10. The van der Waals surface area contributed by atoms with Gasteiger partial charge in [-0.15, -0.1) is 0 Å². The highest BCUT2D eigenvalue weighted by molar-refractivity contribution is 14.2. The predicted molar refractivity (Wildman–Crippen MR) is 72.4 cm³/mol. The summed E-state index contributed by atoms with van der Waals surface area (Å²) in [5.74, 6) is 2.92. The first-order chi connectivity index (χ1) is 7.77. The monoisotopic (exact) mass is 343 g/mol. The van der Waals surface area contributed by atoms with Gasteiger partial charge in [-0.3, -0.25) is 14.5 Å². The maximum Gasteiger partial charge on any atom is 0.152 e. The van der Waals surface area contributed by atoms with Crippen LogP contribution in [0.5, 0.6) is 0 Å². The Morgan fingerprint density at radius 2 is 2.38 bits per heavy atom. The topological polar surface area (TPSA) is 47.8 Å². The first-order valence-electron chi connectivity index (χ1n) is 4.32. The minimum Gasteiger partial charge on any atom is -0.298 e. The zero-order valence-electron chi connectivity index (χ0n) is 8.27. The number of fused-ring (bicyclic) bond motifs is 1. The first-order valence-corrected chi connectivity index (χ1v) is 7.68. The van der Waals surface area contributed by atoms with Gasteiger partial charge >= 0.3 is 0 Å². The number of aryl methyl sites for hydroxylation is 1. The molecule has 0 aromatic carbocycles. The lowest BCUT2D eigenvalue weighted by molar-refractivity contribution is 0.112. The predicted octanol–water partition coefficient (Wildman–Crippen LogP) is 2.17. The number of hydrogen-bond donors (Lipinski definition) is 0. The van der Waals surface area contributed by atoms with Crippen LogP contribution in [0.1, 0.15) is 16.1 Å². The van der Waals surface area contributed by atoms with E-state index in [-0.39, 0.29) is 0 Å². The van der Waals surface area contributed by atoms with E-state index in [2.05, 4.69) is 42.5 Å². The number of carbonyl (C=O) groups excluding carboxylic acids is 1. The zero-order chi connectivity index (χ0) is 11.5. The fourth-order valence-electron chi connectivity index (χ4n) is 1.47. The Morgan fingerprint density at radius 1 is 1.56 bits per heavy atom. The molecule has 2 aromatic rings. The summed E-state index contributed by atoms with van der Waals surface area (Å²) < 4.78 is 1.68. The van der Waals surface area contributed by atoms with Crippen LogP contribution in [0.15, 0.2) is 12.4 Å². The smallest absolute Gasteiger partial charge is 0.152 e. The van der Waals surface area contributed by atoms with Crippen LogP contribution in [-0.4, -0.2) is 21.1 Å². The van der Waals surface area contributed by atoms with Gasteiger partial charge in [-0.1, -0.05) is 0 Å². The number of nitrogens with zero attached hydrogens (tertiary/aromatic N) is 3. The van der Waals surface area contributed by atoms with Gasteiger partial charge in [0.2, 0.25) is 0 Å². The van der Waals surface area contributed by atoms with E-state index in [9.17, 15) is 4.79 Å². The summed E-state index contributed by atoms with van der Waals surface area (Å²) in [6.07, 6.45) is 3.98. The average molecular weight is 343 g/mol. The third-order valence-electron chi connectivity index (χ3n) is 2.13. The standard InChI is InChI=1S/C10H6IN3OS/c1-14-9-5-12-4-7(6-15)10(9)8(13-14)2-3-16-11/h4-6H,1H3. The summed E-state index contributed by atoms with van der Waals surface area (Å²) >= 11 is 2.09.